The molecule has 1 aliphatic heterocycles. The molecule has 38 heavy (non-hydrogen) atoms. The Bertz CT molecular complexity index is 1690. The van der Waals surface area contributed by atoms with E-state index in [9.17, 15) is 9.59 Å². The van der Waals surface area contributed by atoms with Crippen molar-refractivity contribution in [3.8, 4) is 11.5 Å². The number of carbonyl (C=O) groups excluding carboxylic acids is 1. The number of pyridine rings is 1. The van der Waals surface area contributed by atoms with Crippen molar-refractivity contribution in [2.75, 3.05) is 20.8 Å². The van der Waals surface area contributed by atoms with Crippen LogP contribution in [-0.4, -0.2) is 36.3 Å². The summed E-state index contributed by atoms with van der Waals surface area (Å²) >= 11 is 1.26. The van der Waals surface area contributed by atoms with Crippen LogP contribution in [0, 0.1) is 0 Å². The van der Waals surface area contributed by atoms with Crippen molar-refractivity contribution in [2.45, 2.75) is 13.0 Å². The summed E-state index contributed by atoms with van der Waals surface area (Å²) in [6.45, 7) is 1.92. The normalized spacial score (nSPS) is 15.0. The molecule has 1 atom stereocenters. The Morgan fingerprint density at radius 2 is 1.84 bits per heavy atom. The van der Waals surface area contributed by atoms with Gasteiger partial charge in [-0.2, -0.15) is 0 Å². The summed E-state index contributed by atoms with van der Waals surface area (Å²) in [5.41, 5.74) is 2.64. The number of carbonyl (C=O) groups is 1. The van der Waals surface area contributed by atoms with E-state index < -0.39 is 12.0 Å². The summed E-state index contributed by atoms with van der Waals surface area (Å²) < 4.78 is 18.5. The second-order valence-corrected chi connectivity index (χ2v) is 9.34. The van der Waals surface area contributed by atoms with Crippen LogP contribution in [0.15, 0.2) is 88.4 Å². The second kappa shape index (κ2) is 10.9. The fraction of sp³-hybridized carbons (Fsp3) is 0.172. The van der Waals surface area contributed by atoms with E-state index in [0.29, 0.717) is 32.1 Å². The molecule has 192 valence electrons. The quantitative estimate of drug-likeness (QED) is 0.343. The van der Waals surface area contributed by atoms with Crippen LogP contribution < -0.4 is 24.4 Å². The van der Waals surface area contributed by atoms with E-state index in [1.807, 2.05) is 48.5 Å². The molecule has 4 aromatic rings. The van der Waals surface area contributed by atoms with E-state index in [-0.39, 0.29) is 17.7 Å². The zero-order valence-corrected chi connectivity index (χ0v) is 21.9. The highest BCUT2D eigenvalue weighted by Gasteiger charge is 2.35. The third-order valence-corrected chi connectivity index (χ3v) is 7.06. The highest BCUT2D eigenvalue weighted by atomic mass is 32.1. The topological polar surface area (TPSA) is 92.0 Å². The van der Waals surface area contributed by atoms with Gasteiger partial charge in [-0.05, 0) is 42.3 Å². The number of rotatable bonds is 7. The second-order valence-electron chi connectivity index (χ2n) is 8.33. The molecule has 0 N–H and O–H groups in total. The number of fused-ring (bicyclic) bond motifs is 1. The number of hydrogen-bond donors (Lipinski definition) is 0. The number of hydrogen-bond acceptors (Lipinski definition) is 8. The first-order valence-corrected chi connectivity index (χ1v) is 12.8. The van der Waals surface area contributed by atoms with E-state index in [2.05, 4.69) is 4.98 Å². The molecule has 0 saturated heterocycles. The number of benzene rings is 2. The van der Waals surface area contributed by atoms with Gasteiger partial charge in [-0.1, -0.05) is 53.8 Å². The van der Waals surface area contributed by atoms with Gasteiger partial charge in [0.15, 0.2) is 16.3 Å². The zero-order valence-electron chi connectivity index (χ0n) is 21.1. The van der Waals surface area contributed by atoms with Crippen molar-refractivity contribution < 1.29 is 19.0 Å². The maximum atomic E-state index is 13.9. The molecule has 8 nitrogen and oxygen atoms in total. The van der Waals surface area contributed by atoms with Crippen LogP contribution >= 0.6 is 11.3 Å². The van der Waals surface area contributed by atoms with Gasteiger partial charge in [0.05, 0.1) is 42.7 Å². The first-order valence-electron chi connectivity index (χ1n) is 12.0. The Kier molecular flexibility index (Phi) is 7.19. The molecule has 2 aromatic heterocycles. The van der Waals surface area contributed by atoms with Gasteiger partial charge in [0.25, 0.3) is 5.56 Å². The van der Waals surface area contributed by atoms with Crippen molar-refractivity contribution in [1.82, 2.24) is 9.55 Å². The van der Waals surface area contributed by atoms with Gasteiger partial charge in [-0.3, -0.25) is 14.3 Å². The minimum Gasteiger partial charge on any atom is -0.493 e. The minimum atomic E-state index is -0.809. The average Bonchev–Trinajstić information content (AvgIpc) is 3.27. The number of esters is 1. The van der Waals surface area contributed by atoms with E-state index in [1.165, 1.54) is 11.3 Å². The summed E-state index contributed by atoms with van der Waals surface area (Å²) in [7, 11) is 3.09. The van der Waals surface area contributed by atoms with Gasteiger partial charge < -0.3 is 14.2 Å². The molecule has 3 heterocycles. The predicted octanol–water partition coefficient (Wildman–Crippen LogP) is 3.35. The third kappa shape index (κ3) is 4.64. The van der Waals surface area contributed by atoms with E-state index in [4.69, 9.17) is 19.2 Å². The molecule has 0 fully saturated rings. The summed E-state index contributed by atoms with van der Waals surface area (Å²) in [6.07, 6.45) is 5.13. The molecule has 1 aliphatic rings. The molecule has 0 bridgehead atoms. The lowest BCUT2D eigenvalue weighted by Crippen LogP contribution is -2.40. The Hall–Kier alpha value is -4.50. The van der Waals surface area contributed by atoms with Gasteiger partial charge in [0.2, 0.25) is 0 Å². The standard InChI is InChI=1S/C29H25N3O5S/c1-4-37-28(34)24-25(19-10-6-5-7-11-19)31-29-32(26(24)20-12-13-21(35-2)22(16-20)36-3)27(33)23(38-29)15-18-9-8-14-30-17-18/h5-17,26H,4H2,1-3H3/b23-15+/t26-/m0/s1. The number of methoxy groups -OCH3 is 2. The molecule has 0 saturated carbocycles. The summed E-state index contributed by atoms with van der Waals surface area (Å²) in [6, 6.07) is 17.6. The highest BCUT2D eigenvalue weighted by Crippen LogP contribution is 2.38. The van der Waals surface area contributed by atoms with Crippen LogP contribution in [0.25, 0.3) is 11.8 Å². The fourth-order valence-corrected chi connectivity index (χ4v) is 5.39. The molecular formula is C29H25N3O5S. The Balaban J connectivity index is 1.85. The average molecular weight is 528 g/mol. The summed E-state index contributed by atoms with van der Waals surface area (Å²) in [4.78, 5) is 36.9. The molecule has 2 aromatic carbocycles. The Morgan fingerprint density at radius 3 is 2.53 bits per heavy atom. The monoisotopic (exact) mass is 527 g/mol. The van der Waals surface area contributed by atoms with E-state index >= 15 is 0 Å². The maximum Gasteiger partial charge on any atom is 0.338 e. The molecular weight excluding hydrogens is 502 g/mol. The van der Waals surface area contributed by atoms with Crippen LogP contribution in [0.3, 0.4) is 0 Å². The minimum absolute atomic E-state index is 0.175. The van der Waals surface area contributed by atoms with Crippen molar-refractivity contribution in [3.05, 3.63) is 115 Å². The molecule has 9 heteroatoms. The molecule has 0 spiro atoms. The highest BCUT2D eigenvalue weighted by molar-refractivity contribution is 7.07. The van der Waals surface area contributed by atoms with Crippen LogP contribution in [0.2, 0.25) is 0 Å². The lowest BCUT2D eigenvalue weighted by atomic mass is 9.93. The van der Waals surface area contributed by atoms with Gasteiger partial charge in [0.1, 0.15) is 0 Å². The number of thiazole rings is 1. The van der Waals surface area contributed by atoms with Crippen LogP contribution in [0.5, 0.6) is 11.5 Å². The molecule has 0 amide bonds. The van der Waals surface area contributed by atoms with Crippen molar-refractivity contribution in [3.63, 3.8) is 0 Å². The van der Waals surface area contributed by atoms with Crippen LogP contribution in [-0.2, 0) is 9.53 Å². The maximum absolute atomic E-state index is 13.9. The van der Waals surface area contributed by atoms with Crippen molar-refractivity contribution >= 4 is 29.1 Å². The van der Waals surface area contributed by atoms with E-state index in [0.717, 1.165) is 11.1 Å². The molecule has 0 radical (unpaired) electrons. The molecule has 0 aliphatic carbocycles. The summed E-state index contributed by atoms with van der Waals surface area (Å²) in [5, 5.41) is 0. The smallest absolute Gasteiger partial charge is 0.338 e. The molecule has 5 rings (SSSR count). The van der Waals surface area contributed by atoms with Crippen molar-refractivity contribution in [1.29, 1.82) is 0 Å². The lowest BCUT2D eigenvalue weighted by molar-refractivity contribution is -0.138. The van der Waals surface area contributed by atoms with Crippen LogP contribution in [0.1, 0.15) is 29.7 Å². The van der Waals surface area contributed by atoms with Gasteiger partial charge in [0, 0.05) is 18.0 Å². The van der Waals surface area contributed by atoms with Gasteiger partial charge >= 0.3 is 5.97 Å². The fourth-order valence-electron chi connectivity index (χ4n) is 4.39. The van der Waals surface area contributed by atoms with E-state index in [1.54, 1.807) is 56.3 Å². The lowest BCUT2D eigenvalue weighted by Gasteiger charge is -2.26. The zero-order chi connectivity index (χ0) is 26.6. The number of nitrogens with zero attached hydrogens (tertiary/aromatic N) is 3. The Labute approximate surface area is 222 Å². The predicted molar refractivity (Wildman–Crippen MR) is 145 cm³/mol. The summed E-state index contributed by atoms with van der Waals surface area (Å²) in [5.74, 6) is 0.463. The Morgan fingerprint density at radius 1 is 1.05 bits per heavy atom. The van der Waals surface area contributed by atoms with Crippen molar-refractivity contribution in [2.24, 2.45) is 4.99 Å². The largest absolute Gasteiger partial charge is 0.493 e. The first-order chi connectivity index (χ1) is 18.5. The van der Waals surface area contributed by atoms with Gasteiger partial charge in [-0.15, -0.1) is 0 Å². The third-order valence-electron chi connectivity index (χ3n) is 6.08. The SMILES string of the molecule is CCOC(=O)C1=C(c2ccccc2)N=c2s/c(=C/c3cccnc3)c(=O)n2[C@H]1c1ccc(OC)c(OC)c1. The number of ether oxygens (including phenoxy) is 3. The van der Waals surface area contributed by atoms with Crippen LogP contribution in [0.4, 0.5) is 0 Å². The van der Waals surface area contributed by atoms with Gasteiger partial charge in [-0.25, -0.2) is 9.79 Å². The molecule has 0 unspecified atom stereocenters. The first kappa shape index (κ1) is 25.2. The number of aromatic nitrogens is 2.